The second-order valence-electron chi connectivity index (χ2n) is 4.33. The highest BCUT2D eigenvalue weighted by Crippen LogP contribution is 2.17. The molecule has 88 valence electrons. The van der Waals surface area contributed by atoms with Gasteiger partial charge in [-0.1, -0.05) is 43.7 Å². The van der Waals surface area contributed by atoms with Crippen LogP contribution in [0.15, 0.2) is 5.16 Å². The molecular formula is C12H23NO2. The van der Waals surface area contributed by atoms with E-state index in [-0.39, 0.29) is 6.10 Å². The lowest BCUT2D eigenvalue weighted by molar-refractivity contribution is 0.139. The van der Waals surface area contributed by atoms with Crippen molar-refractivity contribution in [3.8, 4) is 0 Å². The van der Waals surface area contributed by atoms with Gasteiger partial charge < -0.3 is 9.94 Å². The van der Waals surface area contributed by atoms with Crippen molar-refractivity contribution in [2.24, 2.45) is 5.16 Å². The van der Waals surface area contributed by atoms with Crippen LogP contribution in [-0.2, 0) is 4.74 Å². The molecule has 0 aromatic rings. The average Bonchev–Trinajstić information content (AvgIpc) is 2.32. The Hall–Kier alpha value is -0.570. The molecule has 0 heterocycles. The monoisotopic (exact) mass is 213 g/mol. The number of methoxy groups -OCH3 is 1. The number of rotatable bonds is 1. The van der Waals surface area contributed by atoms with Crippen molar-refractivity contribution in [2.75, 3.05) is 7.11 Å². The van der Waals surface area contributed by atoms with E-state index in [4.69, 9.17) is 9.94 Å². The van der Waals surface area contributed by atoms with E-state index < -0.39 is 0 Å². The van der Waals surface area contributed by atoms with E-state index in [1.807, 2.05) is 0 Å². The minimum absolute atomic E-state index is 0.0353. The first kappa shape index (κ1) is 12.5. The van der Waals surface area contributed by atoms with Gasteiger partial charge in [-0.15, -0.1) is 0 Å². The number of hydrogen-bond donors (Lipinski definition) is 1. The molecule has 1 N–H and O–H groups in total. The predicted molar refractivity (Wildman–Crippen MR) is 61.6 cm³/mol. The first-order valence-electron chi connectivity index (χ1n) is 6.12. The van der Waals surface area contributed by atoms with E-state index in [2.05, 4.69) is 5.16 Å². The number of hydrogen-bond acceptors (Lipinski definition) is 3. The van der Waals surface area contributed by atoms with E-state index >= 15 is 0 Å². The van der Waals surface area contributed by atoms with Gasteiger partial charge in [-0.05, 0) is 19.3 Å². The van der Waals surface area contributed by atoms with E-state index in [1.54, 1.807) is 7.11 Å². The van der Waals surface area contributed by atoms with Gasteiger partial charge in [0.2, 0.25) is 0 Å². The van der Waals surface area contributed by atoms with Crippen LogP contribution in [-0.4, -0.2) is 24.1 Å². The molecule has 0 spiro atoms. The fourth-order valence-electron chi connectivity index (χ4n) is 2.22. The summed E-state index contributed by atoms with van der Waals surface area (Å²) in [5.74, 6) is 0. The number of oxime groups is 1. The third-order valence-corrected chi connectivity index (χ3v) is 3.18. The van der Waals surface area contributed by atoms with Crippen molar-refractivity contribution in [2.45, 2.75) is 63.9 Å². The Balaban J connectivity index is 2.49. The van der Waals surface area contributed by atoms with Crippen molar-refractivity contribution in [1.29, 1.82) is 0 Å². The smallest absolute Gasteiger partial charge is 0.0985 e. The molecule has 0 bridgehead atoms. The fraction of sp³-hybridized carbons (Fsp3) is 0.917. The molecule has 1 rings (SSSR count). The van der Waals surface area contributed by atoms with Crippen LogP contribution in [0.25, 0.3) is 0 Å². The quantitative estimate of drug-likeness (QED) is 0.536. The summed E-state index contributed by atoms with van der Waals surface area (Å²) in [5, 5.41) is 12.3. The van der Waals surface area contributed by atoms with Gasteiger partial charge in [0.25, 0.3) is 0 Å². The van der Waals surface area contributed by atoms with Gasteiger partial charge in [0.1, 0.15) is 0 Å². The SMILES string of the molecule is COC1CCCCCCCCCC1=NO. The Morgan fingerprint density at radius 1 is 1.07 bits per heavy atom. The lowest BCUT2D eigenvalue weighted by Crippen LogP contribution is -2.23. The highest BCUT2D eigenvalue weighted by molar-refractivity contribution is 5.88. The molecule has 3 heteroatoms. The molecule has 0 amide bonds. The van der Waals surface area contributed by atoms with Crippen molar-refractivity contribution in [3.05, 3.63) is 0 Å². The second kappa shape index (κ2) is 7.69. The largest absolute Gasteiger partial charge is 0.411 e. The molecule has 0 saturated heterocycles. The Morgan fingerprint density at radius 2 is 1.67 bits per heavy atom. The van der Waals surface area contributed by atoms with Crippen LogP contribution in [0.5, 0.6) is 0 Å². The highest BCUT2D eigenvalue weighted by Gasteiger charge is 2.16. The second-order valence-corrected chi connectivity index (χ2v) is 4.33. The van der Waals surface area contributed by atoms with Crippen LogP contribution in [0.2, 0.25) is 0 Å². The third kappa shape index (κ3) is 4.65. The number of ether oxygens (including phenoxy) is 1. The van der Waals surface area contributed by atoms with Crippen molar-refractivity contribution in [1.82, 2.24) is 0 Å². The zero-order valence-corrected chi connectivity index (χ0v) is 9.74. The summed E-state index contributed by atoms with van der Waals surface area (Å²) in [7, 11) is 1.70. The lowest BCUT2D eigenvalue weighted by atomic mass is 10.0. The molecular weight excluding hydrogens is 190 g/mol. The van der Waals surface area contributed by atoms with E-state index in [9.17, 15) is 0 Å². The average molecular weight is 213 g/mol. The minimum atomic E-state index is 0.0353. The summed E-state index contributed by atoms with van der Waals surface area (Å²) in [6.07, 6.45) is 10.7. The van der Waals surface area contributed by atoms with Crippen molar-refractivity contribution >= 4 is 5.71 Å². The molecule has 15 heavy (non-hydrogen) atoms. The molecule has 0 aliphatic heterocycles. The minimum Gasteiger partial charge on any atom is -0.411 e. The molecule has 1 atom stereocenters. The number of nitrogens with zero attached hydrogens (tertiary/aromatic N) is 1. The fourth-order valence-corrected chi connectivity index (χ4v) is 2.22. The van der Waals surface area contributed by atoms with Crippen molar-refractivity contribution in [3.63, 3.8) is 0 Å². The van der Waals surface area contributed by atoms with Gasteiger partial charge in [-0.2, -0.15) is 0 Å². The van der Waals surface area contributed by atoms with E-state index in [1.165, 1.54) is 38.5 Å². The van der Waals surface area contributed by atoms with E-state index in [0.717, 1.165) is 25.0 Å². The van der Waals surface area contributed by atoms with Gasteiger partial charge in [-0.3, -0.25) is 0 Å². The Bertz CT molecular complexity index is 192. The first-order chi connectivity index (χ1) is 7.38. The maximum Gasteiger partial charge on any atom is 0.0985 e. The molecule has 3 nitrogen and oxygen atoms in total. The van der Waals surface area contributed by atoms with E-state index in [0.29, 0.717) is 0 Å². The molecule has 0 aromatic heterocycles. The van der Waals surface area contributed by atoms with Crippen LogP contribution in [0.3, 0.4) is 0 Å². The molecule has 1 saturated carbocycles. The normalized spacial score (nSPS) is 28.6. The van der Waals surface area contributed by atoms with Gasteiger partial charge in [0, 0.05) is 7.11 Å². The van der Waals surface area contributed by atoms with Gasteiger partial charge in [-0.25, -0.2) is 0 Å². The maximum atomic E-state index is 8.95. The van der Waals surface area contributed by atoms with Crippen LogP contribution in [0.4, 0.5) is 0 Å². The zero-order valence-electron chi connectivity index (χ0n) is 9.74. The maximum absolute atomic E-state index is 8.95. The highest BCUT2D eigenvalue weighted by atomic mass is 16.5. The van der Waals surface area contributed by atoms with Gasteiger partial charge >= 0.3 is 0 Å². The zero-order chi connectivity index (χ0) is 10.9. The Morgan fingerprint density at radius 3 is 2.27 bits per heavy atom. The summed E-state index contributed by atoms with van der Waals surface area (Å²) in [5.41, 5.74) is 0.833. The molecule has 1 aliphatic rings. The molecule has 0 radical (unpaired) electrons. The van der Waals surface area contributed by atoms with Gasteiger partial charge in [0.15, 0.2) is 0 Å². The van der Waals surface area contributed by atoms with Crippen LogP contribution >= 0.6 is 0 Å². The van der Waals surface area contributed by atoms with Crippen LogP contribution in [0.1, 0.15) is 57.8 Å². The standard InChI is InChI=1S/C12H23NO2/c1-15-12-10-8-6-4-2-3-5-7-9-11(12)13-14/h12,14H,2-10H2,1H3. The molecule has 0 aromatic carbocycles. The summed E-state index contributed by atoms with van der Waals surface area (Å²) < 4.78 is 5.38. The first-order valence-corrected chi connectivity index (χ1v) is 6.12. The Labute approximate surface area is 92.5 Å². The summed E-state index contributed by atoms with van der Waals surface area (Å²) >= 11 is 0. The summed E-state index contributed by atoms with van der Waals surface area (Å²) in [6.45, 7) is 0. The van der Waals surface area contributed by atoms with Crippen LogP contribution in [0, 0.1) is 0 Å². The topological polar surface area (TPSA) is 41.8 Å². The summed E-state index contributed by atoms with van der Waals surface area (Å²) in [6, 6.07) is 0. The third-order valence-electron chi connectivity index (χ3n) is 3.18. The van der Waals surface area contributed by atoms with Crippen LogP contribution < -0.4 is 0 Å². The molecule has 1 unspecified atom stereocenters. The predicted octanol–water partition coefficient (Wildman–Crippen LogP) is 3.36. The molecule has 1 fully saturated rings. The Kier molecular flexibility index (Phi) is 6.41. The van der Waals surface area contributed by atoms with Gasteiger partial charge in [0.05, 0.1) is 11.8 Å². The molecule has 1 aliphatic carbocycles. The summed E-state index contributed by atoms with van der Waals surface area (Å²) in [4.78, 5) is 0. The van der Waals surface area contributed by atoms with Crippen molar-refractivity contribution < 1.29 is 9.94 Å². The lowest BCUT2D eigenvalue weighted by Gasteiger charge is -2.15.